The number of likely N-dealkylation sites (N-methyl/N-ethyl adjacent to an activating group) is 2. The third kappa shape index (κ3) is 4.39. The lowest BCUT2D eigenvalue weighted by atomic mass is 10.4. The molecule has 0 bridgehead atoms. The summed E-state index contributed by atoms with van der Waals surface area (Å²) in [6.07, 6.45) is 5.39. The average molecular weight is 196 g/mol. The summed E-state index contributed by atoms with van der Waals surface area (Å²) < 4.78 is 1.89. The van der Waals surface area contributed by atoms with Gasteiger partial charge in [-0.3, -0.25) is 0 Å². The molecular formula is C10H20N4. The molecule has 1 fully saturated rings. The first-order valence-corrected chi connectivity index (χ1v) is 4.97. The summed E-state index contributed by atoms with van der Waals surface area (Å²) in [5.41, 5.74) is 0. The van der Waals surface area contributed by atoms with Crippen LogP contribution in [0.2, 0.25) is 0 Å². The number of rotatable bonds is 0. The normalized spacial score (nSPS) is 18.8. The van der Waals surface area contributed by atoms with E-state index in [2.05, 4.69) is 28.9 Å². The Bertz CT molecular complexity index is 214. The molecule has 0 aromatic carbocycles. The molecular weight excluding hydrogens is 176 g/mol. The molecule has 4 heteroatoms. The van der Waals surface area contributed by atoms with E-state index in [1.54, 1.807) is 12.5 Å². The van der Waals surface area contributed by atoms with Crippen LogP contribution in [0.1, 0.15) is 0 Å². The molecule has 0 unspecified atom stereocenters. The molecule has 0 atom stereocenters. The van der Waals surface area contributed by atoms with Crippen molar-refractivity contribution in [2.75, 3.05) is 40.3 Å². The van der Waals surface area contributed by atoms with Crippen LogP contribution in [0.5, 0.6) is 0 Å². The van der Waals surface area contributed by atoms with E-state index < -0.39 is 0 Å². The average Bonchev–Trinajstić information content (AvgIpc) is 2.63. The summed E-state index contributed by atoms with van der Waals surface area (Å²) in [6, 6.07) is 0. The second-order valence-electron chi connectivity index (χ2n) is 3.83. The molecule has 1 saturated heterocycles. The van der Waals surface area contributed by atoms with Crippen LogP contribution in [-0.4, -0.2) is 59.6 Å². The summed E-state index contributed by atoms with van der Waals surface area (Å²) >= 11 is 0. The van der Waals surface area contributed by atoms with Crippen molar-refractivity contribution in [2.24, 2.45) is 7.05 Å². The highest BCUT2D eigenvalue weighted by molar-refractivity contribution is 4.70. The van der Waals surface area contributed by atoms with Gasteiger partial charge in [-0.15, -0.1) is 0 Å². The Labute approximate surface area is 86.1 Å². The minimum Gasteiger partial charge on any atom is -0.341 e. The fourth-order valence-electron chi connectivity index (χ4n) is 1.23. The van der Waals surface area contributed by atoms with Crippen molar-refractivity contribution in [3.63, 3.8) is 0 Å². The van der Waals surface area contributed by atoms with Crippen LogP contribution in [0.15, 0.2) is 18.7 Å². The van der Waals surface area contributed by atoms with E-state index in [1.165, 1.54) is 26.2 Å². The van der Waals surface area contributed by atoms with Crippen molar-refractivity contribution in [3.05, 3.63) is 18.7 Å². The Morgan fingerprint density at radius 3 is 1.64 bits per heavy atom. The van der Waals surface area contributed by atoms with Gasteiger partial charge in [-0.25, -0.2) is 4.98 Å². The van der Waals surface area contributed by atoms with Gasteiger partial charge < -0.3 is 14.4 Å². The molecule has 1 aromatic rings. The zero-order chi connectivity index (χ0) is 10.4. The van der Waals surface area contributed by atoms with Crippen molar-refractivity contribution in [1.29, 1.82) is 0 Å². The van der Waals surface area contributed by atoms with E-state index >= 15 is 0 Å². The number of aromatic nitrogens is 2. The highest BCUT2D eigenvalue weighted by Gasteiger charge is 2.07. The molecule has 0 radical (unpaired) electrons. The maximum absolute atomic E-state index is 3.78. The van der Waals surface area contributed by atoms with Gasteiger partial charge in [0.15, 0.2) is 0 Å². The second-order valence-corrected chi connectivity index (χ2v) is 3.83. The van der Waals surface area contributed by atoms with Gasteiger partial charge in [0.1, 0.15) is 0 Å². The highest BCUT2D eigenvalue weighted by Crippen LogP contribution is 1.93. The standard InChI is InChI=1S/C6H14N2.C4H6N2/c1-7-3-5-8(2)6-4-7;1-6-3-2-5-4-6/h3-6H2,1-2H3;2-4H,1H3. The number of hydrogen-bond acceptors (Lipinski definition) is 3. The third-order valence-electron chi connectivity index (χ3n) is 2.36. The maximum Gasteiger partial charge on any atom is 0.0943 e. The van der Waals surface area contributed by atoms with Crippen LogP contribution in [0, 0.1) is 0 Å². The Morgan fingerprint density at radius 2 is 1.43 bits per heavy atom. The Morgan fingerprint density at radius 1 is 0.929 bits per heavy atom. The van der Waals surface area contributed by atoms with Gasteiger partial charge in [0.25, 0.3) is 0 Å². The lowest BCUT2D eigenvalue weighted by Gasteiger charge is -2.28. The van der Waals surface area contributed by atoms with Gasteiger partial charge >= 0.3 is 0 Å². The lowest BCUT2D eigenvalue weighted by Crippen LogP contribution is -2.42. The largest absolute Gasteiger partial charge is 0.341 e. The van der Waals surface area contributed by atoms with Crippen LogP contribution >= 0.6 is 0 Å². The van der Waals surface area contributed by atoms with E-state index in [0.717, 1.165) is 0 Å². The number of imidazole rings is 1. The lowest BCUT2D eigenvalue weighted by molar-refractivity contribution is 0.181. The predicted molar refractivity (Wildman–Crippen MR) is 58.2 cm³/mol. The van der Waals surface area contributed by atoms with E-state index in [0.29, 0.717) is 0 Å². The summed E-state index contributed by atoms with van der Waals surface area (Å²) in [5.74, 6) is 0. The minimum atomic E-state index is 1.23. The SMILES string of the molecule is CN1CCN(C)CC1.Cn1ccnc1. The monoisotopic (exact) mass is 196 g/mol. The molecule has 14 heavy (non-hydrogen) atoms. The summed E-state index contributed by atoms with van der Waals surface area (Å²) in [5, 5.41) is 0. The minimum absolute atomic E-state index is 1.23. The van der Waals surface area contributed by atoms with E-state index in [1.807, 2.05) is 17.8 Å². The number of nitrogens with zero attached hydrogens (tertiary/aromatic N) is 4. The molecule has 1 aromatic heterocycles. The molecule has 0 saturated carbocycles. The summed E-state index contributed by atoms with van der Waals surface area (Å²) in [7, 11) is 6.28. The first-order chi connectivity index (χ1) is 6.68. The van der Waals surface area contributed by atoms with Crippen LogP contribution < -0.4 is 0 Å². The van der Waals surface area contributed by atoms with Gasteiger partial charge in [0.2, 0.25) is 0 Å². The first-order valence-electron chi connectivity index (χ1n) is 4.97. The molecule has 4 nitrogen and oxygen atoms in total. The van der Waals surface area contributed by atoms with Gasteiger partial charge in [-0.05, 0) is 14.1 Å². The molecule has 0 N–H and O–H groups in total. The Kier molecular flexibility index (Phi) is 4.62. The predicted octanol–water partition coefficient (Wildman–Crippen LogP) is 0.284. The van der Waals surface area contributed by atoms with Crippen molar-refractivity contribution < 1.29 is 0 Å². The summed E-state index contributed by atoms with van der Waals surface area (Å²) in [6.45, 7) is 4.93. The molecule has 0 aliphatic carbocycles. The molecule has 80 valence electrons. The molecule has 2 rings (SSSR count). The molecule has 0 spiro atoms. The molecule has 0 amide bonds. The van der Waals surface area contributed by atoms with Gasteiger partial charge in [0, 0.05) is 45.6 Å². The van der Waals surface area contributed by atoms with Gasteiger partial charge in [0.05, 0.1) is 6.33 Å². The third-order valence-corrected chi connectivity index (χ3v) is 2.36. The smallest absolute Gasteiger partial charge is 0.0943 e. The number of piperazine rings is 1. The quantitative estimate of drug-likeness (QED) is 0.596. The van der Waals surface area contributed by atoms with E-state index in [9.17, 15) is 0 Å². The molecule has 1 aliphatic heterocycles. The molecule has 1 aliphatic rings. The Balaban J connectivity index is 0.000000146. The zero-order valence-corrected chi connectivity index (χ0v) is 9.35. The topological polar surface area (TPSA) is 24.3 Å². The fourth-order valence-corrected chi connectivity index (χ4v) is 1.23. The fraction of sp³-hybridized carbons (Fsp3) is 0.700. The van der Waals surface area contributed by atoms with Crippen molar-refractivity contribution in [3.8, 4) is 0 Å². The van der Waals surface area contributed by atoms with Crippen LogP contribution in [-0.2, 0) is 7.05 Å². The second kappa shape index (κ2) is 5.78. The van der Waals surface area contributed by atoms with Crippen LogP contribution in [0.3, 0.4) is 0 Å². The van der Waals surface area contributed by atoms with Gasteiger partial charge in [-0.2, -0.15) is 0 Å². The van der Waals surface area contributed by atoms with Crippen molar-refractivity contribution in [1.82, 2.24) is 19.4 Å². The highest BCUT2D eigenvalue weighted by atomic mass is 15.2. The van der Waals surface area contributed by atoms with E-state index in [-0.39, 0.29) is 0 Å². The Hall–Kier alpha value is -0.870. The first kappa shape index (κ1) is 11.2. The number of aryl methyl sites for hydroxylation is 1. The number of hydrogen-bond donors (Lipinski definition) is 0. The van der Waals surface area contributed by atoms with Crippen molar-refractivity contribution in [2.45, 2.75) is 0 Å². The maximum atomic E-state index is 3.78. The van der Waals surface area contributed by atoms with Gasteiger partial charge in [-0.1, -0.05) is 0 Å². The molecule has 2 heterocycles. The summed E-state index contributed by atoms with van der Waals surface area (Å²) in [4.78, 5) is 8.51. The van der Waals surface area contributed by atoms with Crippen LogP contribution in [0.25, 0.3) is 0 Å². The van der Waals surface area contributed by atoms with Crippen LogP contribution in [0.4, 0.5) is 0 Å². The zero-order valence-electron chi connectivity index (χ0n) is 9.35. The van der Waals surface area contributed by atoms with E-state index in [4.69, 9.17) is 0 Å². The van der Waals surface area contributed by atoms with Crippen molar-refractivity contribution >= 4 is 0 Å².